The second kappa shape index (κ2) is 4.66. The molecular formula is C12H8F2N2O. The smallest absolute Gasteiger partial charge is 0.150 e. The van der Waals surface area contributed by atoms with Crippen LogP contribution in [0.3, 0.4) is 0 Å². The first kappa shape index (κ1) is 11.1. The Hall–Kier alpha value is -2.35. The zero-order valence-corrected chi connectivity index (χ0v) is 8.71. The lowest BCUT2D eigenvalue weighted by molar-refractivity contribution is 0.515. The molecule has 0 amide bonds. The fourth-order valence-electron chi connectivity index (χ4n) is 1.40. The van der Waals surface area contributed by atoms with Crippen LogP contribution in [0.4, 0.5) is 14.5 Å². The standard InChI is InChI=1S/C12H8F2N2O/c13-10-4-8(6-15)5-11(14)12(10)16-7-9-2-1-3-17-9/h1-5,16H,7H2. The maximum atomic E-state index is 13.4. The molecule has 17 heavy (non-hydrogen) atoms. The number of nitrogens with zero attached hydrogens (tertiary/aromatic N) is 1. The molecule has 0 atom stereocenters. The van der Waals surface area contributed by atoms with Gasteiger partial charge in [0.25, 0.3) is 0 Å². The van der Waals surface area contributed by atoms with Gasteiger partial charge in [-0.05, 0) is 24.3 Å². The molecule has 1 aromatic carbocycles. The number of benzene rings is 1. The maximum Gasteiger partial charge on any atom is 0.150 e. The van der Waals surface area contributed by atoms with Crippen LogP contribution in [0, 0.1) is 23.0 Å². The molecule has 0 aliphatic heterocycles. The summed E-state index contributed by atoms with van der Waals surface area (Å²) in [7, 11) is 0. The average Bonchev–Trinajstić information content (AvgIpc) is 2.80. The minimum Gasteiger partial charge on any atom is -0.467 e. The third-order valence-electron chi connectivity index (χ3n) is 2.19. The number of nitrogens with one attached hydrogen (secondary N) is 1. The summed E-state index contributed by atoms with van der Waals surface area (Å²) in [5, 5.41) is 11.1. The van der Waals surface area contributed by atoms with Crippen LogP contribution in [0.15, 0.2) is 34.9 Å². The van der Waals surface area contributed by atoms with Crippen LogP contribution < -0.4 is 5.32 Å². The first-order valence-electron chi connectivity index (χ1n) is 4.86. The Bertz CT molecular complexity index is 535. The lowest BCUT2D eigenvalue weighted by atomic mass is 10.2. The first-order chi connectivity index (χ1) is 8.20. The lowest BCUT2D eigenvalue weighted by Gasteiger charge is -2.07. The van der Waals surface area contributed by atoms with E-state index >= 15 is 0 Å². The normalized spacial score (nSPS) is 9.94. The van der Waals surface area contributed by atoms with Crippen LogP contribution >= 0.6 is 0 Å². The van der Waals surface area contributed by atoms with Crippen LogP contribution in [0.1, 0.15) is 11.3 Å². The Morgan fingerprint density at radius 1 is 1.29 bits per heavy atom. The number of halogens is 2. The SMILES string of the molecule is N#Cc1cc(F)c(NCc2ccco2)c(F)c1. The molecule has 1 heterocycles. The highest BCUT2D eigenvalue weighted by molar-refractivity contribution is 5.50. The second-order valence-corrected chi connectivity index (χ2v) is 3.36. The fraction of sp³-hybridized carbons (Fsp3) is 0.0833. The van der Waals surface area contributed by atoms with Crippen molar-refractivity contribution in [1.82, 2.24) is 0 Å². The molecule has 0 aliphatic carbocycles. The van der Waals surface area contributed by atoms with E-state index < -0.39 is 11.6 Å². The van der Waals surface area contributed by atoms with E-state index in [0.29, 0.717) is 5.76 Å². The van der Waals surface area contributed by atoms with Crippen LogP contribution in [0.5, 0.6) is 0 Å². The summed E-state index contributed by atoms with van der Waals surface area (Å²) >= 11 is 0. The average molecular weight is 234 g/mol. The van der Waals surface area contributed by atoms with E-state index in [-0.39, 0.29) is 17.8 Å². The summed E-state index contributed by atoms with van der Waals surface area (Å²) < 4.78 is 31.9. The number of nitriles is 1. The van der Waals surface area contributed by atoms with Crippen molar-refractivity contribution in [3.05, 3.63) is 53.5 Å². The van der Waals surface area contributed by atoms with Crippen molar-refractivity contribution >= 4 is 5.69 Å². The maximum absolute atomic E-state index is 13.4. The summed E-state index contributed by atoms with van der Waals surface area (Å²) in [5.41, 5.74) is -0.316. The predicted molar refractivity (Wildman–Crippen MR) is 57.1 cm³/mol. The van der Waals surface area contributed by atoms with Gasteiger partial charge < -0.3 is 9.73 Å². The molecule has 0 radical (unpaired) electrons. The zero-order valence-electron chi connectivity index (χ0n) is 8.71. The molecule has 1 N–H and O–H groups in total. The molecule has 0 fully saturated rings. The quantitative estimate of drug-likeness (QED) is 0.887. The number of furan rings is 1. The number of hydrogen-bond donors (Lipinski definition) is 1. The Balaban J connectivity index is 2.19. The molecule has 0 aliphatic rings. The van der Waals surface area contributed by atoms with Crippen LogP contribution in [-0.2, 0) is 6.54 Å². The predicted octanol–water partition coefficient (Wildman–Crippen LogP) is 3.04. The van der Waals surface area contributed by atoms with Gasteiger partial charge >= 0.3 is 0 Å². The van der Waals surface area contributed by atoms with Crippen molar-refractivity contribution in [3.63, 3.8) is 0 Å². The van der Waals surface area contributed by atoms with Crippen molar-refractivity contribution in [2.75, 3.05) is 5.32 Å². The van der Waals surface area contributed by atoms with Crippen molar-refractivity contribution in [1.29, 1.82) is 5.26 Å². The summed E-state index contributed by atoms with van der Waals surface area (Å²) in [5.74, 6) is -1.03. The molecule has 3 nitrogen and oxygen atoms in total. The van der Waals surface area contributed by atoms with Crippen LogP contribution in [0.2, 0.25) is 0 Å². The van der Waals surface area contributed by atoms with Gasteiger partial charge in [0, 0.05) is 0 Å². The van der Waals surface area contributed by atoms with Gasteiger partial charge in [0.2, 0.25) is 0 Å². The number of hydrogen-bond acceptors (Lipinski definition) is 3. The number of rotatable bonds is 3. The number of anilines is 1. The monoisotopic (exact) mass is 234 g/mol. The molecular weight excluding hydrogens is 226 g/mol. The molecule has 0 bridgehead atoms. The molecule has 0 saturated heterocycles. The summed E-state index contributed by atoms with van der Waals surface area (Å²) in [4.78, 5) is 0. The third kappa shape index (κ3) is 2.42. The zero-order chi connectivity index (χ0) is 12.3. The topological polar surface area (TPSA) is 49.0 Å². The van der Waals surface area contributed by atoms with E-state index in [1.807, 2.05) is 0 Å². The van der Waals surface area contributed by atoms with E-state index in [9.17, 15) is 8.78 Å². The van der Waals surface area contributed by atoms with Crippen molar-refractivity contribution < 1.29 is 13.2 Å². The third-order valence-corrected chi connectivity index (χ3v) is 2.19. The van der Waals surface area contributed by atoms with Crippen molar-refractivity contribution in [2.24, 2.45) is 0 Å². The molecule has 86 valence electrons. The van der Waals surface area contributed by atoms with Gasteiger partial charge in [0.05, 0.1) is 24.4 Å². The van der Waals surface area contributed by atoms with E-state index in [0.717, 1.165) is 12.1 Å². The Labute approximate surface area is 96.3 Å². The Morgan fingerprint density at radius 3 is 2.53 bits per heavy atom. The van der Waals surface area contributed by atoms with Crippen molar-refractivity contribution in [3.8, 4) is 6.07 Å². The highest BCUT2D eigenvalue weighted by Crippen LogP contribution is 2.21. The van der Waals surface area contributed by atoms with Gasteiger partial charge in [-0.1, -0.05) is 0 Å². The summed E-state index contributed by atoms with van der Waals surface area (Å²) in [6, 6.07) is 7.01. The first-order valence-corrected chi connectivity index (χ1v) is 4.86. The highest BCUT2D eigenvalue weighted by atomic mass is 19.1. The molecule has 0 spiro atoms. The van der Waals surface area contributed by atoms with Gasteiger partial charge in [0.15, 0.2) is 11.6 Å². The van der Waals surface area contributed by atoms with Crippen molar-refractivity contribution in [2.45, 2.75) is 6.54 Å². The van der Waals surface area contributed by atoms with Gasteiger partial charge in [-0.15, -0.1) is 0 Å². The fourth-order valence-corrected chi connectivity index (χ4v) is 1.40. The minimum atomic E-state index is -0.798. The van der Waals surface area contributed by atoms with Gasteiger partial charge in [-0.2, -0.15) is 5.26 Å². The van der Waals surface area contributed by atoms with E-state index in [1.165, 1.54) is 6.26 Å². The largest absolute Gasteiger partial charge is 0.467 e. The van der Waals surface area contributed by atoms with Gasteiger partial charge in [0.1, 0.15) is 11.4 Å². The van der Waals surface area contributed by atoms with E-state index in [1.54, 1.807) is 18.2 Å². The molecule has 1 aromatic heterocycles. The molecule has 2 aromatic rings. The van der Waals surface area contributed by atoms with Crippen LogP contribution in [-0.4, -0.2) is 0 Å². The second-order valence-electron chi connectivity index (χ2n) is 3.36. The lowest BCUT2D eigenvalue weighted by Crippen LogP contribution is -2.03. The van der Waals surface area contributed by atoms with Crippen LogP contribution in [0.25, 0.3) is 0 Å². The Morgan fingerprint density at radius 2 is 2.00 bits per heavy atom. The molecule has 0 saturated carbocycles. The minimum absolute atomic E-state index is 0.0523. The van der Waals surface area contributed by atoms with E-state index in [4.69, 9.17) is 9.68 Å². The summed E-state index contributed by atoms with van der Waals surface area (Å²) in [6.07, 6.45) is 1.47. The molecule has 2 rings (SSSR count). The highest BCUT2D eigenvalue weighted by Gasteiger charge is 2.11. The molecule has 5 heteroatoms. The Kier molecular flexibility index (Phi) is 3.06. The van der Waals surface area contributed by atoms with Gasteiger partial charge in [-0.25, -0.2) is 8.78 Å². The van der Waals surface area contributed by atoms with Gasteiger partial charge in [-0.3, -0.25) is 0 Å². The summed E-state index contributed by atoms with van der Waals surface area (Å²) in [6.45, 7) is 0.173. The molecule has 0 unspecified atom stereocenters. The van der Waals surface area contributed by atoms with E-state index in [2.05, 4.69) is 5.32 Å².